The van der Waals surface area contributed by atoms with E-state index >= 15 is 0 Å². The molecule has 0 saturated carbocycles. The van der Waals surface area contributed by atoms with Crippen molar-refractivity contribution < 1.29 is 28.2 Å². The lowest BCUT2D eigenvalue weighted by molar-refractivity contribution is -0.114. The molecule has 0 bridgehead atoms. The fourth-order valence-electron chi connectivity index (χ4n) is 2.33. The molecule has 0 fully saturated rings. The van der Waals surface area contributed by atoms with Gasteiger partial charge in [0, 0.05) is 6.92 Å². The average Bonchev–Trinajstić information content (AvgIpc) is 2.61. The summed E-state index contributed by atoms with van der Waals surface area (Å²) in [5, 5.41) is 2.32. The summed E-state index contributed by atoms with van der Waals surface area (Å²) >= 11 is 0. The van der Waals surface area contributed by atoms with Crippen LogP contribution in [0.2, 0.25) is 0 Å². The molecule has 2 aromatic rings. The Hall–Kier alpha value is -3.09. The molecule has 130 valence electrons. The molecular weight excluding hydrogens is 329 g/mol. The maximum Gasteiger partial charge on any atom is 0.338 e. The summed E-state index contributed by atoms with van der Waals surface area (Å²) in [6.07, 6.45) is -0.436. The number of carbonyl (C=O) groups excluding carboxylic acids is 2. The van der Waals surface area contributed by atoms with Crippen LogP contribution in [0, 0.1) is 5.82 Å². The number of carbonyl (C=O) groups is 2. The molecule has 1 unspecified atom stereocenters. The van der Waals surface area contributed by atoms with Crippen LogP contribution in [0.4, 0.5) is 10.1 Å². The number of benzene rings is 2. The molecular formula is C18H16FNO5. The second-order valence-corrected chi connectivity index (χ2v) is 5.47. The Morgan fingerprint density at radius 2 is 2.00 bits per heavy atom. The zero-order chi connectivity index (χ0) is 17.8. The molecule has 1 N–H and O–H groups in total. The summed E-state index contributed by atoms with van der Waals surface area (Å²) in [5.74, 6) is -0.481. The Bertz CT molecular complexity index is 808. The minimum Gasteiger partial charge on any atom is -0.486 e. The minimum atomic E-state index is -0.644. The van der Waals surface area contributed by atoms with Crippen LogP contribution in [0.25, 0.3) is 0 Å². The Kier molecular flexibility index (Phi) is 4.83. The number of fused-ring (bicyclic) bond motifs is 1. The van der Waals surface area contributed by atoms with E-state index in [2.05, 4.69) is 5.32 Å². The Morgan fingerprint density at radius 3 is 2.76 bits per heavy atom. The third-order valence-corrected chi connectivity index (χ3v) is 3.48. The van der Waals surface area contributed by atoms with E-state index in [1.165, 1.54) is 19.1 Å². The first kappa shape index (κ1) is 16.8. The number of ether oxygens (including phenoxy) is 3. The van der Waals surface area contributed by atoms with Crippen LogP contribution in [-0.2, 0) is 9.53 Å². The van der Waals surface area contributed by atoms with Crippen molar-refractivity contribution in [1.29, 1.82) is 0 Å². The van der Waals surface area contributed by atoms with Gasteiger partial charge in [0.15, 0.2) is 17.6 Å². The molecule has 0 radical (unpaired) electrons. The lowest BCUT2D eigenvalue weighted by Crippen LogP contribution is -2.34. The lowest BCUT2D eigenvalue weighted by Gasteiger charge is -2.26. The molecule has 1 heterocycles. The number of amides is 1. The standard InChI is InChI=1S/C18H16FNO5/c1-11(21)20-15-8-12(6-7-14(15)19)18(22)24-10-13-9-23-16-4-2-3-5-17(16)25-13/h2-8,13H,9-10H2,1H3,(H,20,21). The highest BCUT2D eigenvalue weighted by molar-refractivity contribution is 5.93. The van der Waals surface area contributed by atoms with Gasteiger partial charge in [-0.3, -0.25) is 4.79 Å². The van der Waals surface area contributed by atoms with E-state index in [1.807, 2.05) is 12.1 Å². The largest absolute Gasteiger partial charge is 0.486 e. The van der Waals surface area contributed by atoms with E-state index in [0.29, 0.717) is 11.5 Å². The van der Waals surface area contributed by atoms with Crippen LogP contribution < -0.4 is 14.8 Å². The van der Waals surface area contributed by atoms with E-state index in [0.717, 1.165) is 6.07 Å². The molecule has 3 rings (SSSR count). The summed E-state index contributed by atoms with van der Waals surface area (Å²) in [7, 11) is 0. The van der Waals surface area contributed by atoms with E-state index in [-0.39, 0.29) is 24.5 Å². The van der Waals surface area contributed by atoms with Gasteiger partial charge in [0.1, 0.15) is 19.0 Å². The van der Waals surface area contributed by atoms with Crippen LogP contribution in [0.3, 0.4) is 0 Å². The number of anilines is 1. The molecule has 0 aliphatic carbocycles. The second kappa shape index (κ2) is 7.21. The molecule has 6 nitrogen and oxygen atoms in total. The van der Waals surface area contributed by atoms with Crippen LogP contribution in [0.5, 0.6) is 11.5 Å². The fraction of sp³-hybridized carbons (Fsp3) is 0.222. The van der Waals surface area contributed by atoms with Gasteiger partial charge < -0.3 is 19.5 Å². The molecule has 0 aromatic heterocycles. The van der Waals surface area contributed by atoms with Gasteiger partial charge in [-0.25, -0.2) is 9.18 Å². The predicted octanol–water partition coefficient (Wildman–Crippen LogP) is 2.78. The fourth-order valence-corrected chi connectivity index (χ4v) is 2.33. The van der Waals surface area contributed by atoms with Crippen molar-refractivity contribution in [2.24, 2.45) is 0 Å². The number of rotatable bonds is 4. The summed E-state index contributed by atoms with van der Waals surface area (Å²) in [4.78, 5) is 23.2. The van der Waals surface area contributed by atoms with Gasteiger partial charge in [0.25, 0.3) is 0 Å². The first-order chi connectivity index (χ1) is 12.0. The highest BCUT2D eigenvalue weighted by Gasteiger charge is 2.22. The smallest absolute Gasteiger partial charge is 0.338 e. The third kappa shape index (κ3) is 4.06. The third-order valence-electron chi connectivity index (χ3n) is 3.48. The Balaban J connectivity index is 1.61. The number of para-hydroxylation sites is 2. The van der Waals surface area contributed by atoms with Gasteiger partial charge in [0.05, 0.1) is 11.3 Å². The van der Waals surface area contributed by atoms with Crippen LogP contribution in [-0.4, -0.2) is 31.2 Å². The van der Waals surface area contributed by atoms with Gasteiger partial charge in [-0.05, 0) is 30.3 Å². The van der Waals surface area contributed by atoms with Gasteiger partial charge in [-0.1, -0.05) is 12.1 Å². The second-order valence-electron chi connectivity index (χ2n) is 5.47. The SMILES string of the molecule is CC(=O)Nc1cc(C(=O)OCC2COc3ccccc3O2)ccc1F. The number of nitrogens with one attached hydrogen (secondary N) is 1. The molecule has 25 heavy (non-hydrogen) atoms. The van der Waals surface area contributed by atoms with Crippen molar-refractivity contribution in [3.05, 3.63) is 53.8 Å². The van der Waals surface area contributed by atoms with Gasteiger partial charge in [-0.2, -0.15) is 0 Å². The minimum absolute atomic E-state index is 0.0139. The number of halogens is 1. The van der Waals surface area contributed by atoms with Crippen molar-refractivity contribution in [3.63, 3.8) is 0 Å². The Morgan fingerprint density at radius 1 is 1.24 bits per heavy atom. The topological polar surface area (TPSA) is 73.9 Å². The van der Waals surface area contributed by atoms with Gasteiger partial charge >= 0.3 is 5.97 Å². The van der Waals surface area contributed by atoms with Crippen LogP contribution in [0.1, 0.15) is 17.3 Å². The van der Waals surface area contributed by atoms with E-state index < -0.39 is 23.8 Å². The summed E-state index contributed by atoms with van der Waals surface area (Å²) < 4.78 is 30.0. The highest BCUT2D eigenvalue weighted by atomic mass is 19.1. The quantitative estimate of drug-likeness (QED) is 0.863. The summed E-state index contributed by atoms with van der Waals surface area (Å²) in [6, 6.07) is 10.8. The highest BCUT2D eigenvalue weighted by Crippen LogP contribution is 2.30. The van der Waals surface area contributed by atoms with Crippen LogP contribution in [0.15, 0.2) is 42.5 Å². The monoisotopic (exact) mass is 345 g/mol. The molecule has 1 amide bonds. The van der Waals surface area contributed by atoms with Gasteiger partial charge in [-0.15, -0.1) is 0 Å². The normalized spacial score (nSPS) is 15.4. The average molecular weight is 345 g/mol. The summed E-state index contributed by atoms with van der Waals surface area (Å²) in [5.41, 5.74) is 0.0513. The number of esters is 1. The zero-order valence-corrected chi connectivity index (χ0v) is 13.5. The van der Waals surface area contributed by atoms with Crippen molar-refractivity contribution in [2.45, 2.75) is 13.0 Å². The molecule has 2 aromatic carbocycles. The first-order valence-corrected chi connectivity index (χ1v) is 7.65. The first-order valence-electron chi connectivity index (χ1n) is 7.65. The Labute approximate surface area is 143 Å². The number of hydrogen-bond acceptors (Lipinski definition) is 5. The maximum absolute atomic E-state index is 13.6. The molecule has 1 aliphatic heterocycles. The van der Waals surface area contributed by atoms with Crippen molar-refractivity contribution in [2.75, 3.05) is 18.5 Å². The summed E-state index contributed by atoms with van der Waals surface area (Å²) in [6.45, 7) is 1.49. The van der Waals surface area contributed by atoms with Crippen molar-refractivity contribution in [3.8, 4) is 11.5 Å². The predicted molar refractivity (Wildman–Crippen MR) is 87.3 cm³/mol. The molecule has 0 saturated heterocycles. The molecule has 1 atom stereocenters. The zero-order valence-electron chi connectivity index (χ0n) is 13.5. The van der Waals surface area contributed by atoms with Gasteiger partial charge in [0.2, 0.25) is 5.91 Å². The molecule has 1 aliphatic rings. The van der Waals surface area contributed by atoms with E-state index in [4.69, 9.17) is 14.2 Å². The number of hydrogen-bond donors (Lipinski definition) is 1. The maximum atomic E-state index is 13.6. The molecule has 7 heteroatoms. The van der Waals surface area contributed by atoms with E-state index in [9.17, 15) is 14.0 Å². The van der Waals surface area contributed by atoms with E-state index in [1.54, 1.807) is 12.1 Å². The molecule has 0 spiro atoms. The lowest BCUT2D eigenvalue weighted by atomic mass is 10.2. The van der Waals surface area contributed by atoms with Crippen molar-refractivity contribution in [1.82, 2.24) is 0 Å². The van der Waals surface area contributed by atoms with Crippen LogP contribution >= 0.6 is 0 Å². The van der Waals surface area contributed by atoms with Crippen molar-refractivity contribution >= 4 is 17.6 Å².